The second-order valence-corrected chi connectivity index (χ2v) is 7.21. The molecule has 1 heterocycles. The van der Waals surface area contributed by atoms with Crippen molar-refractivity contribution in [3.8, 4) is 0 Å². The monoisotopic (exact) mass is 286 g/mol. The average Bonchev–Trinajstić information content (AvgIpc) is 2.37. The van der Waals surface area contributed by atoms with Crippen molar-refractivity contribution in [2.45, 2.75) is 66.8 Å². The maximum Gasteiger partial charge on any atom is 0.162 e. The van der Waals surface area contributed by atoms with Crippen molar-refractivity contribution in [1.82, 2.24) is 0 Å². The van der Waals surface area contributed by atoms with Crippen LogP contribution in [0.3, 0.4) is 0 Å². The summed E-state index contributed by atoms with van der Waals surface area (Å²) >= 11 is 0. The van der Waals surface area contributed by atoms with Crippen LogP contribution in [0, 0.1) is 23.7 Å². The van der Waals surface area contributed by atoms with Crippen molar-refractivity contribution < 1.29 is 14.2 Å². The second-order valence-electron chi connectivity index (χ2n) is 7.21. The molecule has 0 saturated carbocycles. The van der Waals surface area contributed by atoms with Crippen molar-refractivity contribution >= 4 is 0 Å². The maximum atomic E-state index is 6.18. The Morgan fingerprint density at radius 3 is 2.20 bits per heavy atom. The van der Waals surface area contributed by atoms with E-state index in [0.717, 1.165) is 32.7 Å². The lowest BCUT2D eigenvalue weighted by Gasteiger charge is -2.39. The molecule has 1 saturated heterocycles. The fourth-order valence-electron chi connectivity index (χ4n) is 2.67. The third kappa shape index (κ3) is 6.11. The van der Waals surface area contributed by atoms with Crippen LogP contribution in [0.1, 0.15) is 54.4 Å². The van der Waals surface area contributed by atoms with Gasteiger partial charge in [-0.05, 0) is 30.6 Å². The molecule has 0 amide bonds. The number of hydrogen-bond acceptors (Lipinski definition) is 3. The fourth-order valence-corrected chi connectivity index (χ4v) is 2.67. The van der Waals surface area contributed by atoms with E-state index in [9.17, 15) is 0 Å². The first-order chi connectivity index (χ1) is 9.41. The van der Waals surface area contributed by atoms with Gasteiger partial charge in [-0.15, -0.1) is 0 Å². The largest absolute Gasteiger partial charge is 0.377 e. The van der Waals surface area contributed by atoms with Gasteiger partial charge in [-0.1, -0.05) is 41.5 Å². The molecule has 0 spiro atoms. The second kappa shape index (κ2) is 9.01. The zero-order valence-corrected chi connectivity index (χ0v) is 14.2. The highest BCUT2D eigenvalue weighted by Crippen LogP contribution is 2.31. The van der Waals surface area contributed by atoms with E-state index in [-0.39, 0.29) is 12.4 Å². The van der Waals surface area contributed by atoms with Gasteiger partial charge in [0, 0.05) is 19.1 Å². The van der Waals surface area contributed by atoms with E-state index in [1.54, 1.807) is 0 Å². The van der Waals surface area contributed by atoms with E-state index in [0.29, 0.717) is 23.7 Å². The van der Waals surface area contributed by atoms with Crippen molar-refractivity contribution in [2.75, 3.05) is 19.8 Å². The van der Waals surface area contributed by atoms with Crippen LogP contribution in [-0.4, -0.2) is 32.2 Å². The number of ether oxygens (including phenoxy) is 3. The first kappa shape index (κ1) is 17.9. The van der Waals surface area contributed by atoms with E-state index in [4.69, 9.17) is 14.2 Å². The first-order valence-electron chi connectivity index (χ1n) is 8.26. The minimum absolute atomic E-state index is 0.0919. The lowest BCUT2D eigenvalue weighted by Crippen LogP contribution is -2.43. The Balaban J connectivity index is 2.63. The fraction of sp³-hybridized carbons (Fsp3) is 1.00. The van der Waals surface area contributed by atoms with E-state index in [1.807, 2.05) is 0 Å². The zero-order valence-electron chi connectivity index (χ0n) is 14.2. The topological polar surface area (TPSA) is 27.7 Å². The predicted molar refractivity (Wildman–Crippen MR) is 82.7 cm³/mol. The molecule has 0 aromatic rings. The summed E-state index contributed by atoms with van der Waals surface area (Å²) in [5.74, 6) is 1.96. The number of hydrogen-bond donors (Lipinski definition) is 0. The molecular formula is C17H34O3. The Bertz CT molecular complexity index is 251. The van der Waals surface area contributed by atoms with Crippen LogP contribution in [0.4, 0.5) is 0 Å². The van der Waals surface area contributed by atoms with E-state index < -0.39 is 0 Å². The van der Waals surface area contributed by atoms with Gasteiger partial charge >= 0.3 is 0 Å². The Hall–Kier alpha value is -0.120. The predicted octanol–water partition coefficient (Wildman–Crippen LogP) is 4.11. The van der Waals surface area contributed by atoms with Crippen molar-refractivity contribution in [1.29, 1.82) is 0 Å². The third-order valence-electron chi connectivity index (χ3n) is 3.61. The highest BCUT2D eigenvalue weighted by Gasteiger charge is 2.36. The van der Waals surface area contributed by atoms with Crippen LogP contribution in [-0.2, 0) is 14.2 Å². The molecule has 0 aromatic heterocycles. The summed E-state index contributed by atoms with van der Waals surface area (Å²) in [6.07, 6.45) is 2.39. The molecule has 0 aromatic carbocycles. The van der Waals surface area contributed by atoms with Crippen molar-refractivity contribution in [3.05, 3.63) is 0 Å². The smallest absolute Gasteiger partial charge is 0.162 e. The molecule has 3 heteroatoms. The summed E-state index contributed by atoms with van der Waals surface area (Å²) in [4.78, 5) is 0. The molecule has 120 valence electrons. The lowest BCUT2D eigenvalue weighted by molar-refractivity contribution is -0.226. The minimum atomic E-state index is -0.0919. The van der Waals surface area contributed by atoms with Gasteiger partial charge in [0.25, 0.3) is 0 Å². The van der Waals surface area contributed by atoms with Gasteiger partial charge in [-0.3, -0.25) is 0 Å². The highest BCUT2D eigenvalue weighted by atomic mass is 16.7. The molecule has 0 aliphatic carbocycles. The summed E-state index contributed by atoms with van der Waals surface area (Å²) in [6.45, 7) is 15.6. The zero-order chi connectivity index (χ0) is 15.1. The Labute approximate surface area is 125 Å². The quantitative estimate of drug-likeness (QED) is 0.672. The normalized spacial score (nSPS) is 25.6. The molecule has 0 bridgehead atoms. The standard InChI is InChI=1S/C17H34O3/c1-12(2)10-19-16(14(5)6)15-8-7-9-18-17(15)20-11-13(3)4/h12-17H,7-11H2,1-6H3/t15-,16-,17+/m1/s1. The van der Waals surface area contributed by atoms with Crippen LogP contribution < -0.4 is 0 Å². The SMILES string of the molecule is CC(C)CO[C@@H]1OCCC[C@@H]1[C@H](OCC(C)C)C(C)C. The molecular weight excluding hydrogens is 252 g/mol. The van der Waals surface area contributed by atoms with E-state index in [1.165, 1.54) is 0 Å². The molecule has 0 radical (unpaired) electrons. The average molecular weight is 286 g/mol. The molecule has 1 fully saturated rings. The van der Waals surface area contributed by atoms with E-state index >= 15 is 0 Å². The Kier molecular flexibility index (Phi) is 8.08. The minimum Gasteiger partial charge on any atom is -0.377 e. The molecule has 1 rings (SSSR count). The number of rotatable bonds is 8. The van der Waals surface area contributed by atoms with Gasteiger partial charge < -0.3 is 14.2 Å². The molecule has 1 aliphatic rings. The Morgan fingerprint density at radius 2 is 1.65 bits per heavy atom. The molecule has 0 N–H and O–H groups in total. The first-order valence-corrected chi connectivity index (χ1v) is 8.26. The van der Waals surface area contributed by atoms with Gasteiger partial charge in [0.2, 0.25) is 0 Å². The highest BCUT2D eigenvalue weighted by molar-refractivity contribution is 4.79. The van der Waals surface area contributed by atoms with Gasteiger partial charge in [-0.2, -0.15) is 0 Å². The van der Waals surface area contributed by atoms with Crippen LogP contribution in [0.2, 0.25) is 0 Å². The Morgan fingerprint density at radius 1 is 1.00 bits per heavy atom. The summed E-state index contributed by atoms with van der Waals surface area (Å²) in [5, 5.41) is 0. The summed E-state index contributed by atoms with van der Waals surface area (Å²) < 4.78 is 18.1. The lowest BCUT2D eigenvalue weighted by atomic mass is 9.87. The molecule has 20 heavy (non-hydrogen) atoms. The van der Waals surface area contributed by atoms with E-state index in [2.05, 4.69) is 41.5 Å². The molecule has 3 atom stereocenters. The molecule has 0 unspecified atom stereocenters. The van der Waals surface area contributed by atoms with Crippen LogP contribution in [0.25, 0.3) is 0 Å². The van der Waals surface area contributed by atoms with Gasteiger partial charge in [0.15, 0.2) is 6.29 Å². The van der Waals surface area contributed by atoms with Crippen molar-refractivity contribution in [3.63, 3.8) is 0 Å². The summed E-state index contributed by atoms with van der Waals surface area (Å²) in [7, 11) is 0. The molecule has 3 nitrogen and oxygen atoms in total. The van der Waals surface area contributed by atoms with Gasteiger partial charge in [0.05, 0.1) is 12.7 Å². The van der Waals surface area contributed by atoms with Gasteiger partial charge in [0.1, 0.15) is 0 Å². The maximum absolute atomic E-state index is 6.18. The summed E-state index contributed by atoms with van der Waals surface area (Å²) in [6, 6.07) is 0. The van der Waals surface area contributed by atoms with Crippen LogP contribution >= 0.6 is 0 Å². The van der Waals surface area contributed by atoms with Crippen LogP contribution in [0.5, 0.6) is 0 Å². The molecule has 1 aliphatic heterocycles. The van der Waals surface area contributed by atoms with Crippen LogP contribution in [0.15, 0.2) is 0 Å². The van der Waals surface area contributed by atoms with Gasteiger partial charge in [-0.25, -0.2) is 0 Å². The summed E-state index contributed by atoms with van der Waals surface area (Å²) in [5.41, 5.74) is 0. The van der Waals surface area contributed by atoms with Crippen molar-refractivity contribution in [2.24, 2.45) is 23.7 Å². The third-order valence-corrected chi connectivity index (χ3v) is 3.61.